The normalized spacial score (nSPS) is 27.6. The lowest BCUT2D eigenvalue weighted by Crippen LogP contribution is -2.60. The van der Waals surface area contributed by atoms with E-state index in [1.165, 1.54) is 4.31 Å². The number of nitrogens with one attached hydrogen (secondary N) is 4. The average molecular weight is 422 g/mol. The van der Waals surface area contributed by atoms with Crippen molar-refractivity contribution in [1.29, 1.82) is 5.41 Å². The zero-order valence-electron chi connectivity index (χ0n) is 14.9. The first-order chi connectivity index (χ1) is 12.9. The zero-order chi connectivity index (χ0) is 19.2. The maximum Gasteiger partial charge on any atom is 0.234 e. The Morgan fingerprint density at radius 2 is 2.11 bits per heavy atom. The molecular weight excluding hydrogens is 402 g/mol. The number of halogens is 1. The monoisotopic (exact) mass is 421 g/mol. The van der Waals surface area contributed by atoms with Crippen LogP contribution in [0.4, 0.5) is 0 Å². The third-order valence-electron chi connectivity index (χ3n) is 4.70. The Labute approximate surface area is 170 Å². The lowest BCUT2D eigenvalue weighted by atomic mass is 10.0. The van der Waals surface area contributed by atoms with Crippen LogP contribution in [0.5, 0.6) is 0 Å². The van der Waals surface area contributed by atoms with Gasteiger partial charge in [-0.3, -0.25) is 5.41 Å². The molecule has 3 heterocycles. The molecule has 0 saturated carbocycles. The van der Waals surface area contributed by atoms with Crippen LogP contribution in [-0.2, 0) is 16.9 Å². The predicted octanol–water partition coefficient (Wildman–Crippen LogP) is 2.94. The molecule has 6 nitrogen and oxygen atoms in total. The first-order valence-corrected chi connectivity index (χ1v) is 10.9. The smallest absolute Gasteiger partial charge is 0.234 e. The van der Waals surface area contributed by atoms with E-state index in [9.17, 15) is 4.55 Å². The number of hydrogen-bond acceptors (Lipinski definition) is 5. The van der Waals surface area contributed by atoms with Crippen molar-refractivity contribution < 1.29 is 4.55 Å². The van der Waals surface area contributed by atoms with Crippen LogP contribution < -0.4 is 16.0 Å². The van der Waals surface area contributed by atoms with Gasteiger partial charge in [-0.2, -0.15) is 4.31 Å². The Kier molecular flexibility index (Phi) is 4.75. The van der Waals surface area contributed by atoms with Crippen molar-refractivity contribution in [3.63, 3.8) is 0 Å². The Balaban J connectivity index is 1.55. The molecule has 142 valence electrons. The molecule has 2 aliphatic rings. The van der Waals surface area contributed by atoms with Crippen molar-refractivity contribution in [2.24, 2.45) is 0 Å². The molecule has 4 N–H and O–H groups in total. The molecule has 1 saturated heterocycles. The van der Waals surface area contributed by atoms with Gasteiger partial charge in [-0.25, -0.2) is 0 Å². The molecule has 0 spiro atoms. The van der Waals surface area contributed by atoms with E-state index in [2.05, 4.69) is 28.1 Å². The molecule has 0 aliphatic carbocycles. The summed E-state index contributed by atoms with van der Waals surface area (Å²) in [5.41, 5.74) is 1.50. The third kappa shape index (κ3) is 3.38. The van der Waals surface area contributed by atoms with Crippen LogP contribution in [0.1, 0.15) is 28.4 Å². The first kappa shape index (κ1) is 18.5. The number of thiophene rings is 1. The van der Waals surface area contributed by atoms with E-state index in [0.29, 0.717) is 10.8 Å². The minimum absolute atomic E-state index is 0.0729. The van der Waals surface area contributed by atoms with Crippen molar-refractivity contribution in [3.05, 3.63) is 62.9 Å². The molecule has 2 unspecified atom stereocenters. The summed E-state index contributed by atoms with van der Waals surface area (Å²) in [5, 5.41) is 18.6. The number of hydrogen-bond donors (Lipinski definition) is 4. The molecule has 4 rings (SSSR count). The molecule has 9 heteroatoms. The van der Waals surface area contributed by atoms with Crippen LogP contribution in [0, 0.1) is 5.41 Å². The molecule has 3 atom stereocenters. The molecule has 1 aromatic heterocycles. The topological polar surface area (TPSA) is 86.2 Å². The van der Waals surface area contributed by atoms with E-state index >= 15 is 0 Å². The van der Waals surface area contributed by atoms with Gasteiger partial charge < -0.3 is 20.5 Å². The Hall–Kier alpha value is -1.87. The fraction of sp³-hybridized carbons (Fsp3) is 0.278. The summed E-state index contributed by atoms with van der Waals surface area (Å²) in [6.07, 6.45) is 1.89. The van der Waals surface area contributed by atoms with Gasteiger partial charge in [-0.05, 0) is 18.6 Å². The summed E-state index contributed by atoms with van der Waals surface area (Å²) in [4.78, 5) is 1.93. The predicted molar refractivity (Wildman–Crippen MR) is 112 cm³/mol. The SMILES string of the molecule is CN1C(=N)N[C@](C)(c2sc(C3NC=C(c4ccccc4)N3)cc2Cl)C[S+]1[O-]. The van der Waals surface area contributed by atoms with Crippen LogP contribution in [0.15, 0.2) is 42.6 Å². The van der Waals surface area contributed by atoms with Crippen molar-refractivity contribution in [1.82, 2.24) is 20.3 Å². The number of benzene rings is 1. The second-order valence-corrected chi connectivity index (χ2v) is 9.73. The van der Waals surface area contributed by atoms with E-state index in [1.807, 2.05) is 37.4 Å². The standard InChI is InChI=1S/C18H20ClN5OS2/c1-18(10-27(25)24(2)17(20)23-18)15-12(19)8-14(26-15)16-21-9-13(22-16)11-6-4-3-5-7-11/h3-9,16,21-22H,10H2,1-2H3,(H2,20,23)/t16?,18-,27?/m0/s1. The highest BCUT2D eigenvalue weighted by Gasteiger charge is 2.44. The van der Waals surface area contributed by atoms with Crippen molar-refractivity contribution in [3.8, 4) is 0 Å². The highest BCUT2D eigenvalue weighted by Crippen LogP contribution is 2.41. The highest BCUT2D eigenvalue weighted by molar-refractivity contribution is 7.89. The zero-order valence-corrected chi connectivity index (χ0v) is 17.3. The van der Waals surface area contributed by atoms with E-state index < -0.39 is 16.9 Å². The summed E-state index contributed by atoms with van der Waals surface area (Å²) >= 11 is 6.84. The second kappa shape index (κ2) is 6.94. The Bertz CT molecular complexity index is 902. The lowest BCUT2D eigenvalue weighted by molar-refractivity contribution is 0.424. The lowest BCUT2D eigenvalue weighted by Gasteiger charge is -2.39. The molecule has 0 bridgehead atoms. The minimum Gasteiger partial charge on any atom is -0.593 e. The first-order valence-electron chi connectivity index (χ1n) is 8.44. The van der Waals surface area contributed by atoms with Crippen LogP contribution >= 0.6 is 22.9 Å². The fourth-order valence-corrected chi connectivity index (χ4v) is 6.11. The summed E-state index contributed by atoms with van der Waals surface area (Å²) in [7, 11) is 1.65. The van der Waals surface area contributed by atoms with Crippen LogP contribution in [-0.4, -0.2) is 27.6 Å². The van der Waals surface area contributed by atoms with Gasteiger partial charge in [-0.15, -0.1) is 11.3 Å². The van der Waals surface area contributed by atoms with Gasteiger partial charge in [0.15, 0.2) is 5.75 Å². The van der Waals surface area contributed by atoms with E-state index in [4.69, 9.17) is 17.0 Å². The molecule has 0 amide bonds. The van der Waals surface area contributed by atoms with E-state index in [1.54, 1.807) is 18.4 Å². The number of rotatable bonds is 3. The van der Waals surface area contributed by atoms with Gasteiger partial charge in [0, 0.05) is 11.1 Å². The van der Waals surface area contributed by atoms with E-state index in [-0.39, 0.29) is 12.1 Å². The van der Waals surface area contributed by atoms with Crippen LogP contribution in [0.2, 0.25) is 5.02 Å². The maximum atomic E-state index is 12.4. The van der Waals surface area contributed by atoms with Gasteiger partial charge >= 0.3 is 0 Å². The highest BCUT2D eigenvalue weighted by atomic mass is 35.5. The van der Waals surface area contributed by atoms with Crippen LogP contribution in [0.25, 0.3) is 5.70 Å². The molecule has 1 aromatic carbocycles. The average Bonchev–Trinajstić information content (AvgIpc) is 3.27. The fourth-order valence-electron chi connectivity index (χ4n) is 3.19. The number of guanidine groups is 1. The third-order valence-corrected chi connectivity index (χ3v) is 8.19. The molecule has 2 aromatic rings. The largest absolute Gasteiger partial charge is 0.593 e. The van der Waals surface area contributed by atoms with Gasteiger partial charge in [0.05, 0.1) is 34.0 Å². The number of nitrogens with zero attached hydrogens (tertiary/aromatic N) is 1. The van der Waals surface area contributed by atoms with Gasteiger partial charge in [0.25, 0.3) is 0 Å². The maximum absolute atomic E-state index is 12.4. The summed E-state index contributed by atoms with van der Waals surface area (Å²) in [6.45, 7) is 1.94. The minimum atomic E-state index is -1.26. The molecular formula is C18H20ClN5OS2. The van der Waals surface area contributed by atoms with Crippen LogP contribution in [0.3, 0.4) is 0 Å². The second-order valence-electron chi connectivity index (χ2n) is 6.76. The van der Waals surface area contributed by atoms with Crippen molar-refractivity contribution in [2.75, 3.05) is 12.8 Å². The molecule has 2 aliphatic heterocycles. The molecule has 0 radical (unpaired) electrons. The van der Waals surface area contributed by atoms with Gasteiger partial charge in [0.2, 0.25) is 5.96 Å². The summed E-state index contributed by atoms with van der Waals surface area (Å²) < 4.78 is 13.8. The Morgan fingerprint density at radius 3 is 2.81 bits per heavy atom. The summed E-state index contributed by atoms with van der Waals surface area (Å²) in [6, 6.07) is 12.1. The van der Waals surface area contributed by atoms with Gasteiger partial charge in [-0.1, -0.05) is 41.9 Å². The Morgan fingerprint density at radius 1 is 1.37 bits per heavy atom. The van der Waals surface area contributed by atoms with E-state index in [0.717, 1.165) is 21.0 Å². The molecule has 1 fully saturated rings. The summed E-state index contributed by atoms with van der Waals surface area (Å²) in [5.74, 6) is 0.503. The van der Waals surface area contributed by atoms with Gasteiger partial charge in [0.1, 0.15) is 11.7 Å². The van der Waals surface area contributed by atoms with Crippen molar-refractivity contribution in [2.45, 2.75) is 18.6 Å². The van der Waals surface area contributed by atoms with Crippen molar-refractivity contribution >= 4 is 46.0 Å². The molecule has 27 heavy (non-hydrogen) atoms. The quantitative estimate of drug-likeness (QED) is 0.572.